The zero-order valence-electron chi connectivity index (χ0n) is 13.2. The maximum Gasteiger partial charge on any atom is 0.257 e. The molecule has 1 fully saturated rings. The van der Waals surface area contributed by atoms with Crippen molar-refractivity contribution >= 4 is 39.8 Å². The Morgan fingerprint density at radius 3 is 2.58 bits per heavy atom. The number of aromatic nitrogens is 1. The van der Waals surface area contributed by atoms with Crippen molar-refractivity contribution in [3.05, 3.63) is 40.9 Å². The van der Waals surface area contributed by atoms with E-state index < -0.39 is 0 Å². The number of rotatable bonds is 4. The minimum absolute atomic E-state index is 0.123. The number of hydrogen-bond acceptors (Lipinski definition) is 5. The summed E-state index contributed by atoms with van der Waals surface area (Å²) in [5.74, 6) is -0.309. The fourth-order valence-corrected chi connectivity index (χ4v) is 3.28. The SMILES string of the molecule is CC(=O)c1csc(NC(=O)c2ccc(N3CCCCC3=O)cc2)n1. The fourth-order valence-electron chi connectivity index (χ4n) is 2.53. The van der Waals surface area contributed by atoms with Gasteiger partial charge in [-0.3, -0.25) is 19.7 Å². The van der Waals surface area contributed by atoms with Gasteiger partial charge in [-0.2, -0.15) is 0 Å². The lowest BCUT2D eigenvalue weighted by molar-refractivity contribution is -0.119. The van der Waals surface area contributed by atoms with E-state index in [0.717, 1.165) is 25.1 Å². The van der Waals surface area contributed by atoms with Gasteiger partial charge in [0.2, 0.25) is 5.91 Å². The summed E-state index contributed by atoms with van der Waals surface area (Å²) < 4.78 is 0. The van der Waals surface area contributed by atoms with Crippen LogP contribution in [0.1, 0.15) is 47.0 Å². The molecule has 1 N–H and O–H groups in total. The van der Waals surface area contributed by atoms with E-state index in [2.05, 4.69) is 10.3 Å². The lowest BCUT2D eigenvalue weighted by Gasteiger charge is -2.26. The van der Waals surface area contributed by atoms with Gasteiger partial charge in [-0.1, -0.05) is 0 Å². The summed E-state index contributed by atoms with van der Waals surface area (Å²) in [6.45, 7) is 2.15. The second-order valence-corrected chi connectivity index (χ2v) is 6.46. The standard InChI is InChI=1S/C17H17N3O3S/c1-11(21)14-10-24-17(18-14)19-16(23)12-5-7-13(8-6-12)20-9-3-2-4-15(20)22/h5-8,10H,2-4,9H2,1H3,(H,18,19,23). The topological polar surface area (TPSA) is 79.4 Å². The number of carbonyl (C=O) groups excluding carboxylic acids is 3. The minimum atomic E-state index is -0.295. The van der Waals surface area contributed by atoms with E-state index in [1.165, 1.54) is 18.3 Å². The Morgan fingerprint density at radius 1 is 1.21 bits per heavy atom. The minimum Gasteiger partial charge on any atom is -0.312 e. The molecule has 7 heteroatoms. The Bertz CT molecular complexity index is 783. The Kier molecular flexibility index (Phi) is 4.71. The first kappa shape index (κ1) is 16.3. The Balaban J connectivity index is 1.69. The largest absolute Gasteiger partial charge is 0.312 e. The van der Waals surface area contributed by atoms with Gasteiger partial charge in [0.15, 0.2) is 10.9 Å². The van der Waals surface area contributed by atoms with Gasteiger partial charge < -0.3 is 4.90 Å². The quantitative estimate of drug-likeness (QED) is 0.865. The van der Waals surface area contributed by atoms with Crippen LogP contribution in [-0.2, 0) is 4.79 Å². The highest BCUT2D eigenvalue weighted by atomic mass is 32.1. The number of nitrogens with one attached hydrogen (secondary N) is 1. The van der Waals surface area contributed by atoms with Gasteiger partial charge in [0.25, 0.3) is 5.91 Å². The van der Waals surface area contributed by atoms with Gasteiger partial charge in [-0.25, -0.2) is 4.98 Å². The number of carbonyl (C=O) groups is 3. The molecule has 0 radical (unpaired) electrons. The fraction of sp³-hybridized carbons (Fsp3) is 0.294. The van der Waals surface area contributed by atoms with Crippen LogP contribution in [0.5, 0.6) is 0 Å². The lowest BCUT2D eigenvalue weighted by Crippen LogP contribution is -2.35. The molecule has 6 nitrogen and oxygen atoms in total. The van der Waals surface area contributed by atoms with Crippen LogP contribution in [0.3, 0.4) is 0 Å². The van der Waals surface area contributed by atoms with E-state index >= 15 is 0 Å². The van der Waals surface area contributed by atoms with Crippen molar-refractivity contribution in [3.63, 3.8) is 0 Å². The molecule has 0 atom stereocenters. The van der Waals surface area contributed by atoms with Crippen LogP contribution >= 0.6 is 11.3 Å². The predicted molar refractivity (Wildman–Crippen MR) is 92.7 cm³/mol. The zero-order valence-corrected chi connectivity index (χ0v) is 14.1. The number of hydrogen-bond donors (Lipinski definition) is 1. The van der Waals surface area contributed by atoms with E-state index in [-0.39, 0.29) is 17.6 Å². The molecular weight excluding hydrogens is 326 g/mol. The molecule has 2 heterocycles. The number of thiazole rings is 1. The van der Waals surface area contributed by atoms with Crippen LogP contribution in [0.2, 0.25) is 0 Å². The van der Waals surface area contributed by atoms with Crippen LogP contribution in [0.25, 0.3) is 0 Å². The predicted octanol–water partition coefficient (Wildman–Crippen LogP) is 3.11. The average Bonchev–Trinajstić information content (AvgIpc) is 3.04. The van der Waals surface area contributed by atoms with Crippen LogP contribution < -0.4 is 10.2 Å². The molecular formula is C17H17N3O3S. The van der Waals surface area contributed by atoms with Gasteiger partial charge in [-0.15, -0.1) is 11.3 Å². The third-order valence-electron chi connectivity index (χ3n) is 3.85. The van der Waals surface area contributed by atoms with Crippen molar-refractivity contribution in [2.24, 2.45) is 0 Å². The number of anilines is 2. The van der Waals surface area contributed by atoms with Crippen molar-refractivity contribution in [2.75, 3.05) is 16.8 Å². The van der Waals surface area contributed by atoms with Crippen molar-refractivity contribution in [1.82, 2.24) is 4.98 Å². The summed E-state index contributed by atoms with van der Waals surface area (Å²) in [6.07, 6.45) is 2.51. The molecule has 2 amide bonds. The molecule has 24 heavy (non-hydrogen) atoms. The second-order valence-electron chi connectivity index (χ2n) is 5.60. The van der Waals surface area contributed by atoms with E-state index in [9.17, 15) is 14.4 Å². The first-order chi connectivity index (χ1) is 11.5. The first-order valence-electron chi connectivity index (χ1n) is 7.73. The van der Waals surface area contributed by atoms with E-state index in [4.69, 9.17) is 0 Å². The Morgan fingerprint density at radius 2 is 1.96 bits per heavy atom. The molecule has 3 rings (SSSR count). The van der Waals surface area contributed by atoms with Crippen molar-refractivity contribution in [1.29, 1.82) is 0 Å². The van der Waals surface area contributed by atoms with Gasteiger partial charge in [0.1, 0.15) is 5.69 Å². The molecule has 124 valence electrons. The molecule has 1 aromatic carbocycles. The number of ketones is 1. The normalized spacial score (nSPS) is 14.5. The number of piperidine rings is 1. The second kappa shape index (κ2) is 6.92. The van der Waals surface area contributed by atoms with Gasteiger partial charge in [0.05, 0.1) is 0 Å². The molecule has 0 bridgehead atoms. The first-order valence-corrected chi connectivity index (χ1v) is 8.61. The van der Waals surface area contributed by atoms with Gasteiger partial charge in [0, 0.05) is 36.5 Å². The highest BCUT2D eigenvalue weighted by Gasteiger charge is 2.19. The van der Waals surface area contributed by atoms with Crippen molar-refractivity contribution in [2.45, 2.75) is 26.2 Å². The monoisotopic (exact) mass is 343 g/mol. The van der Waals surface area contributed by atoms with Crippen LogP contribution in [-0.4, -0.2) is 29.1 Å². The molecule has 1 aliphatic heterocycles. The smallest absolute Gasteiger partial charge is 0.257 e. The summed E-state index contributed by atoms with van der Waals surface area (Å²) >= 11 is 1.21. The van der Waals surface area contributed by atoms with Crippen molar-refractivity contribution in [3.8, 4) is 0 Å². The molecule has 1 aliphatic rings. The molecule has 1 aromatic heterocycles. The molecule has 0 aliphatic carbocycles. The Labute approximate surface area is 143 Å². The molecule has 0 unspecified atom stereocenters. The summed E-state index contributed by atoms with van der Waals surface area (Å²) in [5, 5.41) is 4.68. The van der Waals surface area contributed by atoms with Crippen LogP contribution in [0.4, 0.5) is 10.8 Å². The van der Waals surface area contributed by atoms with E-state index in [1.54, 1.807) is 34.5 Å². The van der Waals surface area contributed by atoms with Gasteiger partial charge in [-0.05, 0) is 37.1 Å². The summed E-state index contributed by atoms with van der Waals surface area (Å²) in [7, 11) is 0. The summed E-state index contributed by atoms with van der Waals surface area (Å²) in [4.78, 5) is 41.2. The third-order valence-corrected chi connectivity index (χ3v) is 4.61. The molecule has 0 saturated carbocycles. The maximum atomic E-state index is 12.2. The van der Waals surface area contributed by atoms with Crippen LogP contribution in [0.15, 0.2) is 29.6 Å². The average molecular weight is 343 g/mol. The van der Waals surface area contributed by atoms with E-state index in [1.807, 2.05) is 0 Å². The lowest BCUT2D eigenvalue weighted by atomic mass is 10.1. The van der Waals surface area contributed by atoms with E-state index in [0.29, 0.717) is 22.8 Å². The molecule has 2 aromatic rings. The number of nitrogens with zero attached hydrogens (tertiary/aromatic N) is 2. The van der Waals surface area contributed by atoms with Crippen molar-refractivity contribution < 1.29 is 14.4 Å². The summed E-state index contributed by atoms with van der Waals surface area (Å²) in [6, 6.07) is 6.93. The maximum absolute atomic E-state index is 12.2. The van der Waals surface area contributed by atoms with Crippen LogP contribution in [0, 0.1) is 0 Å². The summed E-state index contributed by atoms with van der Waals surface area (Å²) in [5.41, 5.74) is 1.63. The number of amides is 2. The molecule has 1 saturated heterocycles. The third kappa shape index (κ3) is 3.51. The number of Topliss-reactive ketones (excluding diaryl/α,β-unsaturated/α-hetero) is 1. The zero-order chi connectivity index (χ0) is 17.1. The highest BCUT2D eigenvalue weighted by Crippen LogP contribution is 2.22. The Hall–Kier alpha value is -2.54. The molecule has 0 spiro atoms. The highest BCUT2D eigenvalue weighted by molar-refractivity contribution is 7.14. The number of benzene rings is 1. The van der Waals surface area contributed by atoms with Gasteiger partial charge >= 0.3 is 0 Å².